The Morgan fingerprint density at radius 3 is 2.28 bits per heavy atom. The van der Waals surface area contributed by atoms with Crippen LogP contribution in [0.4, 0.5) is 0 Å². The molecule has 2 heterocycles. The first-order chi connectivity index (χ1) is 17.7. The van der Waals surface area contributed by atoms with Gasteiger partial charge in [0.15, 0.2) is 5.82 Å². The number of piperazine rings is 1. The highest BCUT2D eigenvalue weighted by Crippen LogP contribution is 2.29. The van der Waals surface area contributed by atoms with Crippen molar-refractivity contribution >= 4 is 29.3 Å². The molecule has 8 heteroatoms. The van der Waals surface area contributed by atoms with Crippen LogP contribution < -0.4 is 0 Å². The molecule has 0 N–H and O–H groups in total. The molecule has 1 saturated heterocycles. The average molecular weight is 519 g/mol. The first-order valence-electron chi connectivity index (χ1n) is 12.1. The Hall–Kier alpha value is -3.03. The Kier molecular flexibility index (Phi) is 8.08. The molecule has 0 radical (unpaired) electrons. The molecular formula is C28H28Cl2N6. The van der Waals surface area contributed by atoms with Crippen molar-refractivity contribution in [3.63, 3.8) is 0 Å². The molecular weight excluding hydrogens is 491 g/mol. The highest BCUT2D eigenvalue weighted by Gasteiger charge is 2.30. The van der Waals surface area contributed by atoms with E-state index in [-0.39, 0.29) is 6.04 Å². The van der Waals surface area contributed by atoms with Crippen LogP contribution in [0, 0.1) is 0 Å². The molecule has 0 amide bonds. The molecule has 0 bridgehead atoms. The molecule has 0 spiro atoms. The van der Waals surface area contributed by atoms with Gasteiger partial charge in [-0.1, -0.05) is 102 Å². The van der Waals surface area contributed by atoms with Gasteiger partial charge in [0.2, 0.25) is 0 Å². The summed E-state index contributed by atoms with van der Waals surface area (Å²) in [6.07, 6.45) is 4.44. The summed E-state index contributed by atoms with van der Waals surface area (Å²) in [6.45, 7) is 5.28. The van der Waals surface area contributed by atoms with Crippen molar-refractivity contribution < 1.29 is 0 Å². The number of hydrogen-bond acceptors (Lipinski definition) is 5. The van der Waals surface area contributed by atoms with E-state index in [2.05, 4.69) is 86.0 Å². The Labute approximate surface area is 221 Å². The van der Waals surface area contributed by atoms with E-state index in [4.69, 9.17) is 23.2 Å². The lowest BCUT2D eigenvalue weighted by Gasteiger charge is -2.38. The minimum Gasteiger partial charge on any atom is -0.297 e. The van der Waals surface area contributed by atoms with E-state index in [0.29, 0.717) is 16.6 Å². The molecule has 0 unspecified atom stereocenters. The molecule has 0 saturated carbocycles. The van der Waals surface area contributed by atoms with Crippen molar-refractivity contribution in [1.82, 2.24) is 30.0 Å². The van der Waals surface area contributed by atoms with Crippen LogP contribution in [0.1, 0.15) is 28.6 Å². The van der Waals surface area contributed by atoms with Gasteiger partial charge in [-0.25, -0.2) is 4.68 Å². The quantitative estimate of drug-likeness (QED) is 0.310. The Morgan fingerprint density at radius 1 is 0.833 bits per heavy atom. The maximum absolute atomic E-state index is 6.25. The third-order valence-corrected chi connectivity index (χ3v) is 7.22. The van der Waals surface area contributed by atoms with Crippen molar-refractivity contribution in [1.29, 1.82) is 0 Å². The fourth-order valence-corrected chi connectivity index (χ4v) is 4.92. The number of hydrogen-bond donors (Lipinski definition) is 0. The van der Waals surface area contributed by atoms with Crippen molar-refractivity contribution in [3.8, 4) is 0 Å². The van der Waals surface area contributed by atoms with Crippen LogP contribution in [0.25, 0.3) is 6.08 Å². The summed E-state index contributed by atoms with van der Waals surface area (Å²) in [5, 5.41) is 13.9. The van der Waals surface area contributed by atoms with Gasteiger partial charge in [0.25, 0.3) is 0 Å². The molecule has 1 aliphatic rings. The van der Waals surface area contributed by atoms with Gasteiger partial charge in [-0.3, -0.25) is 9.80 Å². The molecule has 3 aromatic carbocycles. The summed E-state index contributed by atoms with van der Waals surface area (Å²) < 4.78 is 1.87. The summed E-state index contributed by atoms with van der Waals surface area (Å²) in [4.78, 5) is 4.96. The minimum atomic E-state index is -0.0361. The van der Waals surface area contributed by atoms with Gasteiger partial charge in [-0.05, 0) is 39.2 Å². The third-order valence-electron chi connectivity index (χ3n) is 6.48. The van der Waals surface area contributed by atoms with Crippen LogP contribution >= 0.6 is 23.2 Å². The van der Waals surface area contributed by atoms with E-state index in [0.717, 1.165) is 44.1 Å². The topological polar surface area (TPSA) is 50.1 Å². The first-order valence-corrected chi connectivity index (χ1v) is 12.9. The summed E-state index contributed by atoms with van der Waals surface area (Å²) in [6, 6.07) is 26.5. The van der Waals surface area contributed by atoms with Crippen LogP contribution in [0.2, 0.25) is 10.0 Å². The van der Waals surface area contributed by atoms with E-state index in [9.17, 15) is 0 Å². The van der Waals surface area contributed by atoms with E-state index < -0.39 is 0 Å². The average Bonchev–Trinajstić information content (AvgIpc) is 3.36. The maximum atomic E-state index is 6.25. The summed E-state index contributed by atoms with van der Waals surface area (Å²) in [5.41, 5.74) is 3.41. The van der Waals surface area contributed by atoms with E-state index in [1.54, 1.807) is 0 Å². The van der Waals surface area contributed by atoms with Crippen LogP contribution in [0.3, 0.4) is 0 Å². The van der Waals surface area contributed by atoms with Crippen molar-refractivity contribution in [2.75, 3.05) is 32.7 Å². The molecule has 1 aromatic heterocycles. The molecule has 6 nitrogen and oxygen atoms in total. The fraction of sp³-hybridized carbons (Fsp3) is 0.250. The fourth-order valence-electron chi connectivity index (χ4n) is 4.60. The predicted molar refractivity (Wildman–Crippen MR) is 145 cm³/mol. The Balaban J connectivity index is 1.31. The minimum absolute atomic E-state index is 0.0361. The van der Waals surface area contributed by atoms with Crippen molar-refractivity contribution in [3.05, 3.63) is 117 Å². The second-order valence-electron chi connectivity index (χ2n) is 8.91. The maximum Gasteiger partial charge on any atom is 0.173 e. The molecule has 0 aliphatic carbocycles. The highest BCUT2D eigenvalue weighted by molar-refractivity contribution is 6.42. The molecule has 5 rings (SSSR count). The summed E-state index contributed by atoms with van der Waals surface area (Å²) in [5.74, 6) is 0.824. The number of benzene rings is 3. The summed E-state index contributed by atoms with van der Waals surface area (Å²) >= 11 is 12.4. The number of halogens is 2. The Morgan fingerprint density at radius 2 is 1.56 bits per heavy atom. The van der Waals surface area contributed by atoms with Gasteiger partial charge in [0, 0.05) is 32.7 Å². The zero-order chi connectivity index (χ0) is 24.7. The van der Waals surface area contributed by atoms with E-state index in [1.165, 1.54) is 11.1 Å². The van der Waals surface area contributed by atoms with Gasteiger partial charge < -0.3 is 0 Å². The molecule has 36 heavy (non-hydrogen) atoms. The van der Waals surface area contributed by atoms with E-state index >= 15 is 0 Å². The smallest absolute Gasteiger partial charge is 0.173 e. The van der Waals surface area contributed by atoms with Crippen molar-refractivity contribution in [2.45, 2.75) is 12.6 Å². The van der Waals surface area contributed by atoms with Crippen LogP contribution in [-0.4, -0.2) is 62.7 Å². The Bertz CT molecular complexity index is 1280. The zero-order valence-electron chi connectivity index (χ0n) is 19.9. The standard InChI is InChI=1S/C28H28Cl2N6/c29-25-14-13-23(20-26(25)30)21-36-28(31-32-33-36)27(24-11-5-2-6-12-24)35-18-16-34(17-19-35)15-7-10-22-8-3-1-4-9-22/h1-14,20,27H,15-19,21H2/t27-/m0/s1. The molecule has 1 fully saturated rings. The van der Waals surface area contributed by atoms with Gasteiger partial charge in [0.1, 0.15) is 0 Å². The van der Waals surface area contributed by atoms with Gasteiger partial charge in [-0.15, -0.1) is 5.10 Å². The normalized spacial score (nSPS) is 15.9. The lowest BCUT2D eigenvalue weighted by molar-refractivity contribution is 0.113. The lowest BCUT2D eigenvalue weighted by atomic mass is 10.0. The van der Waals surface area contributed by atoms with E-state index in [1.807, 2.05) is 35.0 Å². The van der Waals surface area contributed by atoms with Gasteiger partial charge >= 0.3 is 0 Å². The number of nitrogens with zero attached hydrogens (tertiary/aromatic N) is 6. The number of tetrazole rings is 1. The second kappa shape index (κ2) is 11.8. The third kappa shape index (κ3) is 6.02. The zero-order valence-corrected chi connectivity index (χ0v) is 21.4. The van der Waals surface area contributed by atoms with Gasteiger partial charge in [0.05, 0.1) is 22.6 Å². The van der Waals surface area contributed by atoms with Crippen molar-refractivity contribution in [2.24, 2.45) is 0 Å². The largest absolute Gasteiger partial charge is 0.297 e. The monoisotopic (exact) mass is 518 g/mol. The van der Waals surface area contributed by atoms with Crippen LogP contribution in [0.15, 0.2) is 84.9 Å². The molecule has 184 valence electrons. The van der Waals surface area contributed by atoms with Crippen LogP contribution in [-0.2, 0) is 6.54 Å². The molecule has 1 aliphatic heterocycles. The first kappa shape index (κ1) is 24.7. The highest BCUT2D eigenvalue weighted by atomic mass is 35.5. The SMILES string of the molecule is Clc1ccc(Cn2nnnc2[C@H](c2ccccc2)N2CCN(CC=Cc3ccccc3)CC2)cc1Cl. The lowest BCUT2D eigenvalue weighted by Crippen LogP contribution is -2.48. The summed E-state index contributed by atoms with van der Waals surface area (Å²) in [7, 11) is 0. The van der Waals surface area contributed by atoms with Gasteiger partial charge in [-0.2, -0.15) is 0 Å². The number of rotatable bonds is 8. The molecule has 1 atom stereocenters. The molecule has 4 aromatic rings. The predicted octanol–water partition coefficient (Wildman–Crippen LogP) is 5.45. The second-order valence-corrected chi connectivity index (χ2v) is 9.72. The van der Waals surface area contributed by atoms with Crippen LogP contribution in [0.5, 0.6) is 0 Å². The number of aromatic nitrogens is 4.